The summed E-state index contributed by atoms with van der Waals surface area (Å²) >= 11 is 0. The molecule has 0 aliphatic rings. The molecule has 0 aromatic heterocycles. The number of hydrogen-bond acceptors (Lipinski definition) is 3. The quantitative estimate of drug-likeness (QED) is 0.696. The average molecular weight is 292 g/mol. The van der Waals surface area contributed by atoms with Crippen LogP contribution in [0.5, 0.6) is 0 Å². The van der Waals surface area contributed by atoms with E-state index in [-0.39, 0.29) is 12.0 Å². The summed E-state index contributed by atoms with van der Waals surface area (Å²) < 4.78 is 5.75. The molecule has 4 heteroatoms. The van der Waals surface area contributed by atoms with Crippen LogP contribution in [0, 0.1) is 0 Å². The number of hydrogen-bond donors (Lipinski definition) is 2. The highest BCUT2D eigenvalue weighted by Crippen LogP contribution is 2.25. The fourth-order valence-corrected chi connectivity index (χ4v) is 2.28. The van der Waals surface area contributed by atoms with Crippen molar-refractivity contribution >= 4 is 5.91 Å². The van der Waals surface area contributed by atoms with Gasteiger partial charge in [0.15, 0.2) is 0 Å². The molecule has 0 saturated carbocycles. The Balaban J connectivity index is 2.93. The number of benzene rings is 1. The van der Waals surface area contributed by atoms with E-state index in [0.717, 1.165) is 24.9 Å². The van der Waals surface area contributed by atoms with Crippen molar-refractivity contribution in [3.05, 3.63) is 35.9 Å². The fourth-order valence-electron chi connectivity index (χ4n) is 2.28. The van der Waals surface area contributed by atoms with E-state index in [1.807, 2.05) is 37.3 Å². The monoisotopic (exact) mass is 292 g/mol. The molecule has 0 heterocycles. The van der Waals surface area contributed by atoms with E-state index in [1.54, 1.807) is 0 Å². The maximum Gasteiger partial charge on any atom is 0.242 e. The van der Waals surface area contributed by atoms with Gasteiger partial charge >= 0.3 is 0 Å². The zero-order valence-corrected chi connectivity index (χ0v) is 13.4. The number of amides is 1. The number of carbonyl (C=O) groups excluding carboxylic acids is 1. The van der Waals surface area contributed by atoms with E-state index in [1.165, 1.54) is 0 Å². The summed E-state index contributed by atoms with van der Waals surface area (Å²) in [6.45, 7) is 7.43. The first-order valence-electron chi connectivity index (χ1n) is 7.78. The molecule has 0 saturated heterocycles. The molecule has 4 nitrogen and oxygen atoms in total. The Morgan fingerprint density at radius 1 is 1.33 bits per heavy atom. The Hall–Kier alpha value is -1.39. The van der Waals surface area contributed by atoms with Crippen LogP contribution in [0.15, 0.2) is 30.3 Å². The molecule has 21 heavy (non-hydrogen) atoms. The molecule has 1 amide bonds. The van der Waals surface area contributed by atoms with Gasteiger partial charge in [0, 0.05) is 13.0 Å². The Bertz CT molecular complexity index is 422. The molecule has 0 fully saturated rings. The fraction of sp³-hybridized carbons (Fsp3) is 0.588. The normalized spacial score (nSPS) is 15.4. The van der Waals surface area contributed by atoms with Gasteiger partial charge in [-0.05, 0) is 31.9 Å². The highest BCUT2D eigenvalue weighted by molar-refractivity contribution is 5.86. The highest BCUT2D eigenvalue weighted by atomic mass is 16.5. The predicted molar refractivity (Wildman–Crippen MR) is 85.9 cm³/mol. The molecule has 1 aromatic rings. The van der Waals surface area contributed by atoms with Gasteiger partial charge in [-0.15, -0.1) is 0 Å². The summed E-state index contributed by atoms with van der Waals surface area (Å²) in [5, 5.41) is 3.34. The molecule has 1 aromatic carbocycles. The topological polar surface area (TPSA) is 64.3 Å². The van der Waals surface area contributed by atoms with E-state index in [9.17, 15) is 4.79 Å². The van der Waals surface area contributed by atoms with Crippen LogP contribution in [0.3, 0.4) is 0 Å². The van der Waals surface area contributed by atoms with Crippen molar-refractivity contribution in [3.8, 4) is 0 Å². The van der Waals surface area contributed by atoms with Gasteiger partial charge in [0.1, 0.15) is 5.54 Å². The summed E-state index contributed by atoms with van der Waals surface area (Å²) in [6.07, 6.45) is 2.62. The van der Waals surface area contributed by atoms with Crippen molar-refractivity contribution in [1.29, 1.82) is 0 Å². The second-order valence-electron chi connectivity index (χ2n) is 5.40. The van der Waals surface area contributed by atoms with Crippen molar-refractivity contribution in [2.24, 2.45) is 5.73 Å². The van der Waals surface area contributed by atoms with E-state index < -0.39 is 5.54 Å². The van der Waals surface area contributed by atoms with Gasteiger partial charge < -0.3 is 10.5 Å². The molecule has 2 unspecified atom stereocenters. The maximum absolute atomic E-state index is 12.2. The molecule has 0 aliphatic carbocycles. The molecule has 0 radical (unpaired) electrons. The van der Waals surface area contributed by atoms with Crippen molar-refractivity contribution < 1.29 is 9.53 Å². The lowest BCUT2D eigenvalue weighted by molar-refractivity contribution is -0.126. The van der Waals surface area contributed by atoms with Gasteiger partial charge in [-0.1, -0.05) is 44.2 Å². The summed E-state index contributed by atoms with van der Waals surface area (Å²) in [6, 6.07) is 9.67. The second-order valence-corrected chi connectivity index (χ2v) is 5.40. The Kier molecular flexibility index (Phi) is 7.40. The Labute approximate surface area is 128 Å². The summed E-state index contributed by atoms with van der Waals surface area (Å²) in [5.41, 5.74) is 5.78. The first-order valence-corrected chi connectivity index (χ1v) is 7.78. The first-order chi connectivity index (χ1) is 10.1. The van der Waals surface area contributed by atoms with E-state index >= 15 is 0 Å². The van der Waals surface area contributed by atoms with Crippen molar-refractivity contribution in [1.82, 2.24) is 5.32 Å². The lowest BCUT2D eigenvalue weighted by atomic mass is 9.85. The maximum atomic E-state index is 12.2. The minimum Gasteiger partial charge on any atom is -0.378 e. The minimum atomic E-state index is -0.856. The average Bonchev–Trinajstić information content (AvgIpc) is 2.51. The zero-order valence-electron chi connectivity index (χ0n) is 13.4. The third-order valence-corrected chi connectivity index (χ3v) is 3.82. The molecule has 118 valence electrons. The SMILES string of the molecule is CCCNC(CCOC(C)CC)(C(N)=O)c1ccccc1. The summed E-state index contributed by atoms with van der Waals surface area (Å²) in [4.78, 5) is 12.2. The molecular weight excluding hydrogens is 264 g/mol. The lowest BCUT2D eigenvalue weighted by Gasteiger charge is -2.33. The minimum absolute atomic E-state index is 0.192. The summed E-state index contributed by atoms with van der Waals surface area (Å²) in [5.74, 6) is -0.352. The van der Waals surface area contributed by atoms with Gasteiger partial charge in [0.05, 0.1) is 6.10 Å². The van der Waals surface area contributed by atoms with Crippen molar-refractivity contribution in [2.75, 3.05) is 13.2 Å². The van der Waals surface area contributed by atoms with Gasteiger partial charge in [-0.2, -0.15) is 0 Å². The van der Waals surface area contributed by atoms with E-state index in [0.29, 0.717) is 13.0 Å². The second kappa shape index (κ2) is 8.80. The molecular formula is C17H28N2O2. The van der Waals surface area contributed by atoms with Crippen molar-refractivity contribution in [2.45, 2.75) is 51.7 Å². The summed E-state index contributed by atoms with van der Waals surface area (Å²) in [7, 11) is 0. The third-order valence-electron chi connectivity index (χ3n) is 3.82. The molecule has 0 aliphatic heterocycles. The highest BCUT2D eigenvalue weighted by Gasteiger charge is 2.37. The zero-order chi connectivity index (χ0) is 15.7. The number of rotatable bonds is 10. The first kappa shape index (κ1) is 17.7. The third kappa shape index (κ3) is 4.83. The van der Waals surface area contributed by atoms with Crippen LogP contribution in [0.2, 0.25) is 0 Å². The molecule has 0 bridgehead atoms. The lowest BCUT2D eigenvalue weighted by Crippen LogP contribution is -2.53. The molecule has 2 atom stereocenters. The Morgan fingerprint density at radius 2 is 2.00 bits per heavy atom. The van der Waals surface area contributed by atoms with Crippen molar-refractivity contribution in [3.63, 3.8) is 0 Å². The smallest absolute Gasteiger partial charge is 0.242 e. The standard InChI is InChI=1S/C17H28N2O2/c1-4-12-19-17(16(18)20,11-13-21-14(3)5-2)15-9-7-6-8-10-15/h6-10,14,19H,4-5,11-13H2,1-3H3,(H2,18,20). The van der Waals surface area contributed by atoms with Crippen LogP contribution >= 0.6 is 0 Å². The van der Waals surface area contributed by atoms with Crippen LogP contribution < -0.4 is 11.1 Å². The molecule has 1 rings (SSSR count). The van der Waals surface area contributed by atoms with Crippen LogP contribution in [0.25, 0.3) is 0 Å². The number of primary amides is 1. The largest absolute Gasteiger partial charge is 0.378 e. The Morgan fingerprint density at radius 3 is 2.52 bits per heavy atom. The molecule has 0 spiro atoms. The van der Waals surface area contributed by atoms with Crippen LogP contribution in [0.1, 0.15) is 45.6 Å². The number of nitrogens with one attached hydrogen (secondary N) is 1. The van der Waals surface area contributed by atoms with Gasteiger partial charge in [0.25, 0.3) is 0 Å². The van der Waals surface area contributed by atoms with Gasteiger partial charge in [-0.3, -0.25) is 10.1 Å². The molecule has 3 N–H and O–H groups in total. The van der Waals surface area contributed by atoms with E-state index in [2.05, 4.69) is 19.2 Å². The predicted octanol–water partition coefficient (Wildman–Crippen LogP) is 2.57. The van der Waals surface area contributed by atoms with Crippen LogP contribution in [-0.4, -0.2) is 25.2 Å². The van der Waals surface area contributed by atoms with E-state index in [4.69, 9.17) is 10.5 Å². The van der Waals surface area contributed by atoms with Crippen LogP contribution in [0.4, 0.5) is 0 Å². The number of nitrogens with two attached hydrogens (primary N) is 1. The number of carbonyl (C=O) groups is 1. The van der Waals surface area contributed by atoms with Gasteiger partial charge in [-0.25, -0.2) is 0 Å². The van der Waals surface area contributed by atoms with Gasteiger partial charge in [0.2, 0.25) is 5.91 Å². The van der Waals surface area contributed by atoms with Crippen LogP contribution in [-0.2, 0) is 15.1 Å². The number of ether oxygens (including phenoxy) is 1.